The molecule has 0 saturated heterocycles. The molecule has 144 valence electrons. The maximum absolute atomic E-state index is 6.12. The van der Waals surface area contributed by atoms with E-state index in [1.165, 1.54) is 37.7 Å². The Labute approximate surface area is 167 Å². The van der Waals surface area contributed by atoms with E-state index in [1.54, 1.807) is 0 Å². The largest absolute Gasteiger partial charge is 0.493 e. The van der Waals surface area contributed by atoms with Crippen LogP contribution >= 0.6 is 15.9 Å². The van der Waals surface area contributed by atoms with Crippen LogP contribution in [0.2, 0.25) is 0 Å². The molecule has 0 unspecified atom stereocenters. The van der Waals surface area contributed by atoms with Crippen LogP contribution in [0.3, 0.4) is 0 Å². The second kappa shape index (κ2) is 12.2. The van der Waals surface area contributed by atoms with Gasteiger partial charge in [-0.2, -0.15) is 0 Å². The summed E-state index contributed by atoms with van der Waals surface area (Å²) in [5.41, 5.74) is 1.25. The Balaban J connectivity index is 1.93. The van der Waals surface area contributed by atoms with Crippen molar-refractivity contribution in [3.63, 3.8) is 0 Å². The van der Waals surface area contributed by atoms with Crippen molar-refractivity contribution in [3.8, 4) is 11.5 Å². The zero-order valence-electron chi connectivity index (χ0n) is 16.4. The van der Waals surface area contributed by atoms with Crippen molar-refractivity contribution in [3.05, 3.63) is 35.9 Å². The van der Waals surface area contributed by atoms with E-state index in [4.69, 9.17) is 9.47 Å². The molecule has 2 rings (SSSR count). The van der Waals surface area contributed by atoms with Crippen LogP contribution in [0.15, 0.2) is 30.3 Å². The highest BCUT2D eigenvalue weighted by Gasteiger charge is 2.08. The number of benzene rings is 2. The summed E-state index contributed by atoms with van der Waals surface area (Å²) >= 11 is 3.49. The lowest BCUT2D eigenvalue weighted by molar-refractivity contribution is 0.303. The van der Waals surface area contributed by atoms with Crippen molar-refractivity contribution < 1.29 is 9.47 Å². The monoisotopic (exact) mass is 420 g/mol. The van der Waals surface area contributed by atoms with Gasteiger partial charge in [-0.1, -0.05) is 72.7 Å². The summed E-state index contributed by atoms with van der Waals surface area (Å²) in [4.78, 5) is 0. The number of aryl methyl sites for hydroxylation is 1. The summed E-state index contributed by atoms with van der Waals surface area (Å²) in [5.74, 6) is 1.94. The molecule has 2 aromatic carbocycles. The first-order valence-electron chi connectivity index (χ1n) is 10.1. The van der Waals surface area contributed by atoms with Gasteiger partial charge in [0.05, 0.1) is 13.2 Å². The first-order chi connectivity index (χ1) is 12.8. The van der Waals surface area contributed by atoms with Crippen LogP contribution in [0.5, 0.6) is 11.5 Å². The number of hydrogen-bond donors (Lipinski definition) is 0. The Morgan fingerprint density at radius 3 is 2.04 bits per heavy atom. The maximum Gasteiger partial charge on any atom is 0.127 e. The molecule has 0 spiro atoms. The van der Waals surface area contributed by atoms with Gasteiger partial charge in [-0.05, 0) is 44.4 Å². The molecule has 2 aromatic rings. The predicted molar refractivity (Wildman–Crippen MR) is 116 cm³/mol. The molecule has 0 fully saturated rings. The van der Waals surface area contributed by atoms with E-state index in [9.17, 15) is 0 Å². The number of alkyl halides is 1. The van der Waals surface area contributed by atoms with Crippen molar-refractivity contribution in [1.82, 2.24) is 0 Å². The van der Waals surface area contributed by atoms with Gasteiger partial charge in [0.15, 0.2) is 0 Å². The fourth-order valence-corrected chi connectivity index (χ4v) is 3.47. The van der Waals surface area contributed by atoms with Crippen molar-refractivity contribution in [2.75, 3.05) is 18.5 Å². The predicted octanol–water partition coefficient (Wildman–Crippen LogP) is 7.44. The third-order valence-corrected chi connectivity index (χ3v) is 5.19. The smallest absolute Gasteiger partial charge is 0.127 e. The Hall–Kier alpha value is -1.22. The quantitative estimate of drug-likeness (QED) is 0.247. The maximum atomic E-state index is 6.12. The van der Waals surface area contributed by atoms with Crippen molar-refractivity contribution in [1.29, 1.82) is 0 Å². The first-order valence-corrected chi connectivity index (χ1v) is 11.2. The Kier molecular flexibility index (Phi) is 9.91. The van der Waals surface area contributed by atoms with Crippen LogP contribution in [0.25, 0.3) is 10.8 Å². The molecule has 0 aliphatic carbocycles. The van der Waals surface area contributed by atoms with E-state index < -0.39 is 0 Å². The minimum Gasteiger partial charge on any atom is -0.493 e. The molecule has 0 bridgehead atoms. The number of rotatable bonds is 13. The SMILES string of the molecule is CCCCOc1ccc(OCCCCCCCCBr)c2cc(C)ccc12. The summed E-state index contributed by atoms with van der Waals surface area (Å²) in [6.45, 7) is 5.87. The van der Waals surface area contributed by atoms with Gasteiger partial charge in [0.2, 0.25) is 0 Å². The van der Waals surface area contributed by atoms with E-state index in [2.05, 4.69) is 60.1 Å². The molecule has 0 aliphatic rings. The molecule has 0 atom stereocenters. The first kappa shape index (κ1) is 21.1. The summed E-state index contributed by atoms with van der Waals surface area (Å²) in [5, 5.41) is 3.44. The van der Waals surface area contributed by atoms with Gasteiger partial charge < -0.3 is 9.47 Å². The van der Waals surface area contributed by atoms with Crippen molar-refractivity contribution in [2.24, 2.45) is 0 Å². The number of halogens is 1. The third kappa shape index (κ3) is 6.83. The van der Waals surface area contributed by atoms with Crippen LogP contribution in [0, 0.1) is 6.92 Å². The normalized spacial score (nSPS) is 11.0. The van der Waals surface area contributed by atoms with Crippen LogP contribution in [0.1, 0.15) is 63.9 Å². The second-order valence-corrected chi connectivity index (χ2v) is 7.76. The fourth-order valence-electron chi connectivity index (χ4n) is 3.07. The lowest BCUT2D eigenvalue weighted by atomic mass is 10.1. The molecule has 26 heavy (non-hydrogen) atoms. The summed E-state index contributed by atoms with van der Waals surface area (Å²) in [6.07, 6.45) is 9.85. The molecule has 2 nitrogen and oxygen atoms in total. The Morgan fingerprint density at radius 2 is 1.35 bits per heavy atom. The zero-order chi connectivity index (χ0) is 18.6. The van der Waals surface area contributed by atoms with E-state index in [-0.39, 0.29) is 0 Å². The molecule has 0 radical (unpaired) electrons. The van der Waals surface area contributed by atoms with Gasteiger partial charge in [-0.3, -0.25) is 0 Å². The van der Waals surface area contributed by atoms with E-state index >= 15 is 0 Å². The summed E-state index contributed by atoms with van der Waals surface area (Å²) < 4.78 is 12.1. The lowest BCUT2D eigenvalue weighted by Gasteiger charge is -2.14. The second-order valence-electron chi connectivity index (χ2n) is 6.97. The summed E-state index contributed by atoms with van der Waals surface area (Å²) in [7, 11) is 0. The van der Waals surface area contributed by atoms with Gasteiger partial charge in [0.25, 0.3) is 0 Å². The van der Waals surface area contributed by atoms with Gasteiger partial charge in [0, 0.05) is 16.1 Å². The molecule has 0 aliphatic heterocycles. The molecule has 0 heterocycles. The molecule has 3 heteroatoms. The standard InChI is InChI=1S/C23H33BrO2/c1-3-4-16-25-22-13-14-23(21-18-19(2)11-12-20(21)22)26-17-10-8-6-5-7-9-15-24/h11-14,18H,3-10,15-17H2,1-2H3. The lowest BCUT2D eigenvalue weighted by Crippen LogP contribution is -2.00. The van der Waals surface area contributed by atoms with Gasteiger partial charge >= 0.3 is 0 Å². The third-order valence-electron chi connectivity index (χ3n) is 4.63. The average molecular weight is 421 g/mol. The van der Waals surface area contributed by atoms with E-state index in [0.717, 1.165) is 60.1 Å². The molecule has 0 saturated carbocycles. The highest BCUT2D eigenvalue weighted by molar-refractivity contribution is 9.09. The van der Waals surface area contributed by atoms with Crippen molar-refractivity contribution >= 4 is 26.7 Å². The van der Waals surface area contributed by atoms with Crippen LogP contribution in [0.4, 0.5) is 0 Å². The van der Waals surface area contributed by atoms with Crippen LogP contribution < -0.4 is 9.47 Å². The van der Waals surface area contributed by atoms with Crippen LogP contribution in [-0.4, -0.2) is 18.5 Å². The Bertz CT molecular complexity index is 654. The number of unbranched alkanes of at least 4 members (excludes halogenated alkanes) is 6. The molecule has 0 N–H and O–H groups in total. The number of fused-ring (bicyclic) bond motifs is 1. The molecular formula is C23H33BrO2. The van der Waals surface area contributed by atoms with E-state index in [1.807, 2.05) is 0 Å². The highest BCUT2D eigenvalue weighted by Crippen LogP contribution is 2.34. The number of hydrogen-bond acceptors (Lipinski definition) is 2. The fraction of sp³-hybridized carbons (Fsp3) is 0.565. The number of ether oxygens (including phenoxy) is 2. The van der Waals surface area contributed by atoms with Gasteiger partial charge in [-0.25, -0.2) is 0 Å². The molecule has 0 aromatic heterocycles. The minimum absolute atomic E-state index is 0.773. The highest BCUT2D eigenvalue weighted by atomic mass is 79.9. The van der Waals surface area contributed by atoms with Gasteiger partial charge in [0.1, 0.15) is 11.5 Å². The van der Waals surface area contributed by atoms with Gasteiger partial charge in [-0.15, -0.1) is 0 Å². The average Bonchev–Trinajstić information content (AvgIpc) is 2.65. The molecule has 0 amide bonds. The Morgan fingerprint density at radius 1 is 0.731 bits per heavy atom. The van der Waals surface area contributed by atoms with E-state index in [0.29, 0.717) is 0 Å². The molecular weight excluding hydrogens is 388 g/mol. The zero-order valence-corrected chi connectivity index (χ0v) is 17.9. The van der Waals surface area contributed by atoms with Crippen LogP contribution in [-0.2, 0) is 0 Å². The van der Waals surface area contributed by atoms with Crippen molar-refractivity contribution in [2.45, 2.75) is 65.2 Å². The summed E-state index contributed by atoms with van der Waals surface area (Å²) in [6, 6.07) is 10.6. The minimum atomic E-state index is 0.773. The topological polar surface area (TPSA) is 18.5 Å².